The zero-order chi connectivity index (χ0) is 13.5. The highest BCUT2D eigenvalue weighted by Gasteiger charge is 2.04. The first-order valence-electron chi connectivity index (χ1n) is 5.92. The highest BCUT2D eigenvalue weighted by molar-refractivity contribution is 5.75. The van der Waals surface area contributed by atoms with Crippen LogP contribution >= 0.6 is 0 Å². The van der Waals surface area contributed by atoms with Crippen molar-refractivity contribution in [1.82, 2.24) is 25.9 Å². The Hall–Kier alpha value is -2.44. The Morgan fingerprint density at radius 2 is 2.37 bits per heavy atom. The summed E-state index contributed by atoms with van der Waals surface area (Å²) in [5, 5.41) is 15.9. The Morgan fingerprint density at radius 3 is 3.11 bits per heavy atom. The minimum absolute atomic E-state index is 0.113. The molecular formula is C12H15N5O2. The molecule has 0 aliphatic rings. The van der Waals surface area contributed by atoms with Crippen molar-refractivity contribution in [3.63, 3.8) is 0 Å². The second-order valence-corrected chi connectivity index (χ2v) is 4.02. The van der Waals surface area contributed by atoms with E-state index >= 15 is 0 Å². The zero-order valence-electron chi connectivity index (χ0n) is 10.6. The van der Waals surface area contributed by atoms with Gasteiger partial charge in [0.15, 0.2) is 5.82 Å². The van der Waals surface area contributed by atoms with Gasteiger partial charge in [-0.3, -0.25) is 4.79 Å². The van der Waals surface area contributed by atoms with Crippen molar-refractivity contribution < 1.29 is 9.53 Å². The number of hydrogen-bond donors (Lipinski definition) is 2. The lowest BCUT2D eigenvalue weighted by molar-refractivity contribution is -0.121. The van der Waals surface area contributed by atoms with Gasteiger partial charge in [0.2, 0.25) is 5.91 Å². The molecule has 1 heterocycles. The monoisotopic (exact) mass is 261 g/mol. The maximum atomic E-state index is 11.5. The lowest BCUT2D eigenvalue weighted by Crippen LogP contribution is -2.25. The fraction of sp³-hybridized carbons (Fsp3) is 0.333. The third-order valence-electron chi connectivity index (χ3n) is 2.42. The molecule has 0 saturated carbocycles. The molecule has 7 heteroatoms. The summed E-state index contributed by atoms with van der Waals surface area (Å²) in [4.78, 5) is 11.5. The number of carbonyl (C=O) groups is 1. The number of aromatic nitrogens is 4. The molecule has 0 bridgehead atoms. The average molecular weight is 261 g/mol. The van der Waals surface area contributed by atoms with Gasteiger partial charge in [-0.15, -0.1) is 10.2 Å². The topological polar surface area (TPSA) is 92.8 Å². The van der Waals surface area contributed by atoms with Gasteiger partial charge < -0.3 is 10.1 Å². The Kier molecular flexibility index (Phi) is 4.44. The van der Waals surface area contributed by atoms with Gasteiger partial charge in [0, 0.05) is 0 Å². The smallest absolute Gasteiger partial charge is 0.223 e. The van der Waals surface area contributed by atoms with E-state index in [0.717, 1.165) is 11.3 Å². The number of nitrogens with zero attached hydrogens (tertiary/aromatic N) is 3. The number of hydrogen-bond acceptors (Lipinski definition) is 5. The highest BCUT2D eigenvalue weighted by Crippen LogP contribution is 2.12. The summed E-state index contributed by atoms with van der Waals surface area (Å²) < 4.78 is 5.48. The molecule has 19 heavy (non-hydrogen) atoms. The summed E-state index contributed by atoms with van der Waals surface area (Å²) in [5.41, 5.74) is 1.12. The standard InChI is InChI=1S/C12H15N5O2/c1-9-3-2-4-10(7-9)19-6-5-12(18)13-8-11-14-16-17-15-11/h2-4,7H,5-6,8H2,1H3,(H,13,18)(H,14,15,16,17). The Bertz CT molecular complexity index is 527. The largest absolute Gasteiger partial charge is 0.493 e. The molecule has 0 radical (unpaired) electrons. The van der Waals surface area contributed by atoms with Gasteiger partial charge in [0.25, 0.3) is 0 Å². The van der Waals surface area contributed by atoms with Crippen LogP contribution in [0.25, 0.3) is 0 Å². The average Bonchev–Trinajstić information content (AvgIpc) is 2.89. The van der Waals surface area contributed by atoms with Gasteiger partial charge in [0.1, 0.15) is 5.75 Å². The van der Waals surface area contributed by atoms with Crippen LogP contribution in [0.1, 0.15) is 17.8 Å². The normalized spacial score (nSPS) is 10.2. The van der Waals surface area contributed by atoms with Crippen LogP contribution in [-0.2, 0) is 11.3 Å². The third kappa shape index (κ3) is 4.38. The van der Waals surface area contributed by atoms with Gasteiger partial charge in [-0.1, -0.05) is 17.3 Å². The second kappa shape index (κ2) is 6.48. The van der Waals surface area contributed by atoms with Crippen LogP contribution in [-0.4, -0.2) is 33.1 Å². The highest BCUT2D eigenvalue weighted by atomic mass is 16.5. The number of amides is 1. The number of H-pyrrole nitrogens is 1. The van der Waals surface area contributed by atoms with E-state index in [4.69, 9.17) is 4.74 Å². The molecule has 0 atom stereocenters. The quantitative estimate of drug-likeness (QED) is 0.794. The zero-order valence-corrected chi connectivity index (χ0v) is 10.6. The molecule has 0 unspecified atom stereocenters. The van der Waals surface area contributed by atoms with E-state index in [2.05, 4.69) is 25.9 Å². The molecule has 0 aliphatic carbocycles. The van der Waals surface area contributed by atoms with Gasteiger partial charge in [-0.05, 0) is 24.6 Å². The molecule has 100 valence electrons. The Labute approximate surface area is 110 Å². The number of aryl methyl sites for hydroxylation is 1. The first-order chi connectivity index (χ1) is 9.24. The molecule has 2 N–H and O–H groups in total. The lowest BCUT2D eigenvalue weighted by atomic mass is 10.2. The summed E-state index contributed by atoms with van der Waals surface area (Å²) in [6.45, 7) is 2.59. The van der Waals surface area contributed by atoms with E-state index in [1.165, 1.54) is 0 Å². The van der Waals surface area contributed by atoms with Crippen molar-refractivity contribution in [2.75, 3.05) is 6.61 Å². The molecule has 0 saturated heterocycles. The van der Waals surface area contributed by atoms with Crippen LogP contribution in [0.15, 0.2) is 24.3 Å². The maximum Gasteiger partial charge on any atom is 0.223 e. The molecule has 0 aliphatic heterocycles. The van der Waals surface area contributed by atoms with Crippen LogP contribution in [0, 0.1) is 6.92 Å². The second-order valence-electron chi connectivity index (χ2n) is 4.02. The molecule has 7 nitrogen and oxygen atoms in total. The van der Waals surface area contributed by atoms with Crippen molar-refractivity contribution in [1.29, 1.82) is 0 Å². The summed E-state index contributed by atoms with van der Waals surface area (Å²) in [6.07, 6.45) is 0.284. The number of tetrazole rings is 1. The first kappa shape index (κ1) is 13.0. The molecular weight excluding hydrogens is 246 g/mol. The molecule has 0 fully saturated rings. The van der Waals surface area contributed by atoms with E-state index < -0.39 is 0 Å². The Balaban J connectivity index is 1.66. The summed E-state index contributed by atoms with van der Waals surface area (Å²) in [6, 6.07) is 7.70. The van der Waals surface area contributed by atoms with E-state index in [9.17, 15) is 4.79 Å². The fourth-order valence-electron chi connectivity index (χ4n) is 1.49. The van der Waals surface area contributed by atoms with E-state index in [0.29, 0.717) is 12.4 Å². The molecule has 1 amide bonds. The fourth-order valence-corrected chi connectivity index (χ4v) is 1.49. The molecule has 2 rings (SSSR count). The van der Waals surface area contributed by atoms with Crippen LogP contribution in [0.3, 0.4) is 0 Å². The van der Waals surface area contributed by atoms with Crippen LogP contribution in [0.5, 0.6) is 5.75 Å². The van der Waals surface area contributed by atoms with Crippen molar-refractivity contribution in [2.24, 2.45) is 0 Å². The van der Waals surface area contributed by atoms with Gasteiger partial charge in [0.05, 0.1) is 19.6 Å². The predicted molar refractivity (Wildman–Crippen MR) is 67.3 cm³/mol. The molecule has 0 spiro atoms. The van der Waals surface area contributed by atoms with Crippen molar-refractivity contribution in [2.45, 2.75) is 19.9 Å². The van der Waals surface area contributed by atoms with Crippen LogP contribution < -0.4 is 10.1 Å². The number of carbonyl (C=O) groups excluding carboxylic acids is 1. The summed E-state index contributed by atoms with van der Waals surface area (Å²) in [7, 11) is 0. The first-order valence-corrected chi connectivity index (χ1v) is 5.92. The number of aromatic amines is 1. The van der Waals surface area contributed by atoms with Gasteiger partial charge >= 0.3 is 0 Å². The number of ether oxygens (including phenoxy) is 1. The van der Waals surface area contributed by atoms with Gasteiger partial charge in [-0.25, -0.2) is 0 Å². The lowest BCUT2D eigenvalue weighted by Gasteiger charge is -2.06. The number of nitrogens with one attached hydrogen (secondary N) is 2. The van der Waals surface area contributed by atoms with Crippen molar-refractivity contribution >= 4 is 5.91 Å². The summed E-state index contributed by atoms with van der Waals surface area (Å²) in [5.74, 6) is 1.11. The number of rotatable bonds is 6. The molecule has 2 aromatic rings. The molecule has 1 aromatic carbocycles. The maximum absolute atomic E-state index is 11.5. The van der Waals surface area contributed by atoms with E-state index in [1.54, 1.807) is 0 Å². The van der Waals surface area contributed by atoms with Gasteiger partial charge in [-0.2, -0.15) is 5.21 Å². The van der Waals surface area contributed by atoms with Crippen molar-refractivity contribution in [3.8, 4) is 5.75 Å². The van der Waals surface area contributed by atoms with Crippen molar-refractivity contribution in [3.05, 3.63) is 35.7 Å². The molecule has 1 aromatic heterocycles. The number of benzene rings is 1. The van der Waals surface area contributed by atoms with E-state index in [1.807, 2.05) is 31.2 Å². The predicted octanol–water partition coefficient (Wildman–Crippen LogP) is 0.593. The minimum Gasteiger partial charge on any atom is -0.493 e. The summed E-state index contributed by atoms with van der Waals surface area (Å²) >= 11 is 0. The minimum atomic E-state index is -0.113. The van der Waals surface area contributed by atoms with E-state index in [-0.39, 0.29) is 18.9 Å². The Morgan fingerprint density at radius 1 is 1.47 bits per heavy atom. The third-order valence-corrected chi connectivity index (χ3v) is 2.42. The van der Waals surface area contributed by atoms with Crippen LogP contribution in [0.2, 0.25) is 0 Å². The van der Waals surface area contributed by atoms with Crippen LogP contribution in [0.4, 0.5) is 0 Å². The SMILES string of the molecule is Cc1cccc(OCCC(=O)NCc2nn[nH]n2)c1.